The predicted octanol–water partition coefficient (Wildman–Crippen LogP) is 1.39. The lowest BCUT2D eigenvalue weighted by atomic mass is 10.2. The van der Waals surface area contributed by atoms with E-state index in [1.54, 1.807) is 24.3 Å². The van der Waals surface area contributed by atoms with Crippen molar-refractivity contribution in [2.24, 2.45) is 5.92 Å². The summed E-state index contributed by atoms with van der Waals surface area (Å²) in [6.07, 6.45) is 1.88. The third kappa shape index (κ3) is 4.29. The van der Waals surface area contributed by atoms with Crippen LogP contribution in [-0.4, -0.2) is 27.4 Å². The molecule has 0 spiro atoms. The van der Waals surface area contributed by atoms with Gasteiger partial charge in [-0.05, 0) is 30.5 Å². The van der Waals surface area contributed by atoms with Gasteiger partial charge in [-0.3, -0.25) is 4.79 Å². The van der Waals surface area contributed by atoms with Crippen molar-refractivity contribution in [3.8, 4) is 0 Å². The minimum absolute atomic E-state index is 0.0193. The second kappa shape index (κ2) is 6.69. The lowest BCUT2D eigenvalue weighted by Crippen LogP contribution is -2.35. The van der Waals surface area contributed by atoms with Crippen molar-refractivity contribution >= 4 is 31.9 Å². The molecular weight excluding hydrogens is 344 g/mol. The maximum Gasteiger partial charge on any atom is 0.240 e. The zero-order valence-electron chi connectivity index (χ0n) is 10.9. The summed E-state index contributed by atoms with van der Waals surface area (Å²) in [4.78, 5) is 11.6. The van der Waals surface area contributed by atoms with Crippen LogP contribution >= 0.6 is 15.9 Å². The van der Waals surface area contributed by atoms with Gasteiger partial charge in [0.1, 0.15) is 0 Å². The van der Waals surface area contributed by atoms with Gasteiger partial charge in [0.25, 0.3) is 0 Å². The van der Waals surface area contributed by atoms with Crippen LogP contribution in [0.3, 0.4) is 0 Å². The van der Waals surface area contributed by atoms with Crippen LogP contribution in [0.15, 0.2) is 29.2 Å². The van der Waals surface area contributed by atoms with E-state index in [-0.39, 0.29) is 23.3 Å². The Morgan fingerprint density at radius 1 is 1.20 bits per heavy atom. The molecule has 0 radical (unpaired) electrons. The number of hydrogen-bond acceptors (Lipinski definition) is 3. The summed E-state index contributed by atoms with van der Waals surface area (Å²) in [5.41, 5.74) is 1.01. The first kappa shape index (κ1) is 15.5. The van der Waals surface area contributed by atoms with Crippen molar-refractivity contribution < 1.29 is 13.2 Å². The fourth-order valence-electron chi connectivity index (χ4n) is 1.70. The molecule has 2 N–H and O–H groups in total. The molecule has 0 bridgehead atoms. The number of carbonyl (C=O) groups excluding carboxylic acids is 1. The van der Waals surface area contributed by atoms with Crippen molar-refractivity contribution in [3.63, 3.8) is 0 Å². The van der Waals surface area contributed by atoms with Crippen molar-refractivity contribution in [2.75, 3.05) is 13.1 Å². The second-order valence-corrected chi connectivity index (χ2v) is 7.07. The highest BCUT2D eigenvalue weighted by Gasteiger charge is 2.29. The van der Waals surface area contributed by atoms with Crippen LogP contribution < -0.4 is 10.0 Å². The van der Waals surface area contributed by atoms with Gasteiger partial charge in [-0.25, -0.2) is 13.1 Å². The van der Waals surface area contributed by atoms with Gasteiger partial charge < -0.3 is 5.32 Å². The molecule has 20 heavy (non-hydrogen) atoms. The summed E-state index contributed by atoms with van der Waals surface area (Å²) in [6, 6.07) is 6.67. The summed E-state index contributed by atoms with van der Waals surface area (Å²) in [5, 5.41) is 3.40. The highest BCUT2D eigenvalue weighted by molar-refractivity contribution is 9.08. The van der Waals surface area contributed by atoms with Crippen LogP contribution in [0.5, 0.6) is 0 Å². The Bertz CT molecular complexity index is 568. The molecule has 0 heterocycles. The molecule has 0 aromatic heterocycles. The third-order valence-electron chi connectivity index (χ3n) is 3.05. The fraction of sp³-hybridized carbons (Fsp3) is 0.462. The number of rotatable bonds is 7. The maximum absolute atomic E-state index is 12.0. The van der Waals surface area contributed by atoms with E-state index in [1.165, 1.54) is 0 Å². The third-order valence-corrected chi connectivity index (χ3v) is 5.18. The average molecular weight is 361 g/mol. The molecule has 1 aromatic rings. The van der Waals surface area contributed by atoms with E-state index in [9.17, 15) is 13.2 Å². The van der Waals surface area contributed by atoms with Gasteiger partial charge in [-0.15, -0.1) is 0 Å². The smallest absolute Gasteiger partial charge is 0.240 e. The van der Waals surface area contributed by atoms with Crippen LogP contribution in [0.1, 0.15) is 18.4 Å². The first-order valence-electron chi connectivity index (χ1n) is 6.45. The Labute approximate surface area is 127 Å². The van der Waals surface area contributed by atoms with E-state index in [2.05, 4.69) is 26.0 Å². The van der Waals surface area contributed by atoms with Gasteiger partial charge in [-0.1, -0.05) is 28.1 Å². The highest BCUT2D eigenvalue weighted by Crippen LogP contribution is 2.28. The predicted molar refractivity (Wildman–Crippen MR) is 80.0 cm³/mol. The van der Waals surface area contributed by atoms with Crippen molar-refractivity contribution in [3.05, 3.63) is 29.8 Å². The molecule has 2 rings (SSSR count). The molecule has 1 aliphatic carbocycles. The largest absolute Gasteiger partial charge is 0.355 e. The zero-order valence-corrected chi connectivity index (χ0v) is 13.3. The lowest BCUT2D eigenvalue weighted by molar-refractivity contribution is -0.122. The number of carbonyl (C=O) groups is 1. The topological polar surface area (TPSA) is 75.3 Å². The molecule has 0 saturated heterocycles. The first-order valence-corrected chi connectivity index (χ1v) is 9.05. The van der Waals surface area contributed by atoms with Gasteiger partial charge in [-0.2, -0.15) is 0 Å². The Kier molecular flexibility index (Phi) is 5.17. The molecule has 0 unspecified atom stereocenters. The molecule has 0 atom stereocenters. The summed E-state index contributed by atoms with van der Waals surface area (Å²) in [7, 11) is -3.50. The summed E-state index contributed by atoms with van der Waals surface area (Å²) in [6.45, 7) is 0.509. The van der Waals surface area contributed by atoms with Gasteiger partial charge in [0.2, 0.25) is 15.9 Å². The van der Waals surface area contributed by atoms with Gasteiger partial charge >= 0.3 is 0 Å². The molecular formula is C13H17BrN2O3S. The quantitative estimate of drug-likeness (QED) is 0.569. The van der Waals surface area contributed by atoms with E-state index in [1.807, 2.05) is 0 Å². The SMILES string of the molecule is O=C(NCCNS(=O)(=O)c1ccc(CBr)cc1)C1CC1. The summed E-state index contributed by atoms with van der Waals surface area (Å²) in [5.74, 6) is 0.161. The Morgan fingerprint density at radius 2 is 1.85 bits per heavy atom. The number of alkyl halides is 1. The van der Waals surface area contributed by atoms with E-state index >= 15 is 0 Å². The van der Waals surface area contributed by atoms with E-state index < -0.39 is 10.0 Å². The number of halogens is 1. The molecule has 1 aromatic carbocycles. The Hall–Kier alpha value is -0.920. The first-order chi connectivity index (χ1) is 9.53. The summed E-state index contributed by atoms with van der Waals surface area (Å²) >= 11 is 3.31. The number of amides is 1. The monoisotopic (exact) mass is 360 g/mol. The van der Waals surface area contributed by atoms with Crippen LogP contribution in [0.2, 0.25) is 0 Å². The summed E-state index contributed by atoms with van der Waals surface area (Å²) < 4.78 is 26.4. The van der Waals surface area contributed by atoms with Crippen LogP contribution in [0, 0.1) is 5.92 Å². The minimum atomic E-state index is -3.50. The average Bonchev–Trinajstić information content (AvgIpc) is 3.28. The highest BCUT2D eigenvalue weighted by atomic mass is 79.9. The molecule has 0 aliphatic heterocycles. The van der Waals surface area contributed by atoms with Crippen molar-refractivity contribution in [2.45, 2.75) is 23.1 Å². The van der Waals surface area contributed by atoms with Crippen molar-refractivity contribution in [1.29, 1.82) is 0 Å². The van der Waals surface area contributed by atoms with E-state index in [0.717, 1.165) is 18.4 Å². The number of sulfonamides is 1. The molecule has 1 saturated carbocycles. The minimum Gasteiger partial charge on any atom is -0.355 e. The van der Waals surface area contributed by atoms with Crippen LogP contribution in [-0.2, 0) is 20.1 Å². The van der Waals surface area contributed by atoms with Gasteiger partial charge in [0, 0.05) is 24.3 Å². The molecule has 110 valence electrons. The molecule has 5 nitrogen and oxygen atoms in total. The molecule has 1 amide bonds. The Morgan fingerprint density at radius 3 is 2.40 bits per heavy atom. The number of hydrogen-bond donors (Lipinski definition) is 2. The van der Waals surface area contributed by atoms with Gasteiger partial charge in [0.15, 0.2) is 0 Å². The number of benzene rings is 1. The Balaban J connectivity index is 1.81. The standard InChI is InChI=1S/C13H17BrN2O3S/c14-9-10-1-5-12(6-2-10)20(18,19)16-8-7-15-13(17)11-3-4-11/h1-2,5-6,11,16H,3-4,7-9H2,(H,15,17). The van der Waals surface area contributed by atoms with E-state index in [4.69, 9.17) is 0 Å². The lowest BCUT2D eigenvalue weighted by Gasteiger charge is -2.08. The van der Waals surface area contributed by atoms with Crippen LogP contribution in [0.25, 0.3) is 0 Å². The molecule has 7 heteroatoms. The van der Waals surface area contributed by atoms with Crippen LogP contribution in [0.4, 0.5) is 0 Å². The second-order valence-electron chi connectivity index (χ2n) is 4.74. The van der Waals surface area contributed by atoms with Crippen molar-refractivity contribution in [1.82, 2.24) is 10.0 Å². The van der Waals surface area contributed by atoms with Gasteiger partial charge in [0.05, 0.1) is 4.90 Å². The number of nitrogens with one attached hydrogen (secondary N) is 2. The zero-order chi connectivity index (χ0) is 14.6. The molecule has 1 aliphatic rings. The molecule has 1 fully saturated rings. The fourth-order valence-corrected chi connectivity index (χ4v) is 3.11. The normalized spacial score (nSPS) is 15.1. The van der Waals surface area contributed by atoms with E-state index in [0.29, 0.717) is 11.9 Å². The maximum atomic E-state index is 12.0.